The van der Waals surface area contributed by atoms with Gasteiger partial charge in [0.2, 0.25) is 5.91 Å². The van der Waals surface area contributed by atoms with Gasteiger partial charge in [-0.05, 0) is 23.6 Å². The monoisotopic (exact) mass is 331 g/mol. The molecule has 2 atom stereocenters. The minimum Gasteiger partial charge on any atom is -0.481 e. The maximum Gasteiger partial charge on any atom is 0.573 e. The number of nitrogens with zero attached hydrogens (tertiary/aromatic N) is 1. The SMILES string of the molecule is C[C@@H]1CN(C(=O)Cc2ccc(OC(F)(F)F)cc2)C[C@H]1C(=O)O. The van der Waals surface area contributed by atoms with Crippen LogP contribution in [0.2, 0.25) is 0 Å². The number of alkyl halides is 3. The number of likely N-dealkylation sites (tertiary alicyclic amines) is 1. The van der Waals surface area contributed by atoms with Crippen molar-refractivity contribution in [1.29, 1.82) is 0 Å². The Balaban J connectivity index is 1.95. The highest BCUT2D eigenvalue weighted by Gasteiger charge is 2.36. The molecule has 1 amide bonds. The number of hydrogen-bond acceptors (Lipinski definition) is 3. The van der Waals surface area contributed by atoms with Crippen LogP contribution < -0.4 is 4.74 Å². The Morgan fingerprint density at radius 1 is 1.26 bits per heavy atom. The summed E-state index contributed by atoms with van der Waals surface area (Å²) in [6.07, 6.45) is -4.75. The lowest BCUT2D eigenvalue weighted by Crippen LogP contribution is -2.31. The fourth-order valence-electron chi connectivity index (χ4n) is 2.59. The van der Waals surface area contributed by atoms with Crippen LogP contribution in [0.25, 0.3) is 0 Å². The van der Waals surface area contributed by atoms with Gasteiger partial charge in [0.25, 0.3) is 0 Å². The highest BCUT2D eigenvalue weighted by Crippen LogP contribution is 2.25. The summed E-state index contributed by atoms with van der Waals surface area (Å²) in [6, 6.07) is 5.05. The van der Waals surface area contributed by atoms with Gasteiger partial charge in [0.15, 0.2) is 0 Å². The number of ether oxygens (including phenoxy) is 1. The lowest BCUT2D eigenvalue weighted by atomic mass is 9.99. The van der Waals surface area contributed by atoms with Crippen molar-refractivity contribution in [2.24, 2.45) is 11.8 Å². The largest absolute Gasteiger partial charge is 0.573 e. The van der Waals surface area contributed by atoms with Gasteiger partial charge in [0, 0.05) is 13.1 Å². The molecule has 5 nitrogen and oxygen atoms in total. The Morgan fingerprint density at radius 2 is 1.87 bits per heavy atom. The van der Waals surface area contributed by atoms with Crippen LogP contribution in [0.5, 0.6) is 5.75 Å². The number of benzene rings is 1. The van der Waals surface area contributed by atoms with Crippen molar-refractivity contribution in [1.82, 2.24) is 4.90 Å². The average Bonchev–Trinajstić information content (AvgIpc) is 2.82. The van der Waals surface area contributed by atoms with Crippen LogP contribution in [-0.2, 0) is 16.0 Å². The fourth-order valence-corrected chi connectivity index (χ4v) is 2.59. The van der Waals surface area contributed by atoms with Crippen LogP contribution in [0, 0.1) is 11.8 Å². The van der Waals surface area contributed by atoms with E-state index in [9.17, 15) is 22.8 Å². The summed E-state index contributed by atoms with van der Waals surface area (Å²) in [5, 5.41) is 9.05. The van der Waals surface area contributed by atoms with E-state index in [0.717, 1.165) is 12.1 Å². The van der Waals surface area contributed by atoms with Crippen molar-refractivity contribution < 1.29 is 32.6 Å². The van der Waals surface area contributed by atoms with Gasteiger partial charge in [0.05, 0.1) is 12.3 Å². The van der Waals surface area contributed by atoms with Crippen molar-refractivity contribution in [3.8, 4) is 5.75 Å². The summed E-state index contributed by atoms with van der Waals surface area (Å²) in [5.41, 5.74) is 0.538. The van der Waals surface area contributed by atoms with E-state index in [4.69, 9.17) is 5.11 Å². The third-order valence-corrected chi connectivity index (χ3v) is 3.79. The van der Waals surface area contributed by atoms with Gasteiger partial charge in [-0.15, -0.1) is 13.2 Å². The standard InChI is InChI=1S/C15H16F3NO4/c1-9-7-19(8-12(9)14(21)22)13(20)6-10-2-4-11(5-3-10)23-15(16,17)18/h2-5,9,12H,6-8H2,1H3,(H,21,22)/t9-,12-/m1/s1. The first-order chi connectivity index (χ1) is 10.7. The summed E-state index contributed by atoms with van der Waals surface area (Å²) in [4.78, 5) is 24.7. The smallest absolute Gasteiger partial charge is 0.481 e. The van der Waals surface area contributed by atoms with Crippen molar-refractivity contribution in [3.63, 3.8) is 0 Å². The molecule has 1 aromatic carbocycles. The zero-order valence-corrected chi connectivity index (χ0v) is 12.3. The van der Waals surface area contributed by atoms with Gasteiger partial charge < -0.3 is 14.7 Å². The fraction of sp³-hybridized carbons (Fsp3) is 0.467. The summed E-state index contributed by atoms with van der Waals surface area (Å²) in [5.74, 6) is -2.23. The molecule has 0 bridgehead atoms. The molecule has 1 N–H and O–H groups in total. The third kappa shape index (κ3) is 4.61. The maximum absolute atomic E-state index is 12.2. The van der Waals surface area contributed by atoms with Gasteiger partial charge in [-0.3, -0.25) is 9.59 Å². The van der Waals surface area contributed by atoms with Gasteiger partial charge in [0.1, 0.15) is 5.75 Å². The summed E-state index contributed by atoms with van der Waals surface area (Å²) in [6.45, 7) is 2.30. The molecule has 1 aliphatic heterocycles. The zero-order chi connectivity index (χ0) is 17.2. The van der Waals surface area contributed by atoms with E-state index in [-0.39, 0.29) is 30.5 Å². The minimum atomic E-state index is -4.76. The number of halogens is 3. The van der Waals surface area contributed by atoms with Gasteiger partial charge >= 0.3 is 12.3 Å². The Morgan fingerprint density at radius 3 is 2.35 bits per heavy atom. The topological polar surface area (TPSA) is 66.8 Å². The second kappa shape index (κ2) is 6.47. The average molecular weight is 331 g/mol. The van der Waals surface area contributed by atoms with Crippen LogP contribution in [0.3, 0.4) is 0 Å². The van der Waals surface area contributed by atoms with Gasteiger partial charge in [-0.25, -0.2) is 0 Å². The molecule has 1 heterocycles. The lowest BCUT2D eigenvalue weighted by Gasteiger charge is -2.16. The minimum absolute atomic E-state index is 0.00531. The highest BCUT2D eigenvalue weighted by atomic mass is 19.4. The molecule has 1 aromatic rings. The summed E-state index contributed by atoms with van der Waals surface area (Å²) < 4.78 is 39.9. The van der Waals surface area contributed by atoms with E-state index in [2.05, 4.69) is 4.74 Å². The predicted octanol–water partition coefficient (Wildman–Crippen LogP) is 2.31. The Kier molecular flexibility index (Phi) is 4.82. The molecule has 0 radical (unpaired) electrons. The Bertz CT molecular complexity index is 585. The van der Waals surface area contributed by atoms with E-state index in [1.165, 1.54) is 17.0 Å². The van der Waals surface area contributed by atoms with Crippen LogP contribution >= 0.6 is 0 Å². The Hall–Kier alpha value is -2.25. The van der Waals surface area contributed by atoms with Crippen LogP contribution in [0.15, 0.2) is 24.3 Å². The summed E-state index contributed by atoms with van der Waals surface area (Å²) in [7, 11) is 0. The van der Waals surface area contributed by atoms with Crippen LogP contribution in [0.1, 0.15) is 12.5 Å². The number of carbonyl (C=O) groups is 2. The van der Waals surface area contributed by atoms with E-state index < -0.39 is 18.2 Å². The number of rotatable bonds is 4. The zero-order valence-electron chi connectivity index (χ0n) is 12.3. The van der Waals surface area contributed by atoms with Gasteiger partial charge in [-0.2, -0.15) is 0 Å². The second-order valence-electron chi connectivity index (χ2n) is 5.59. The highest BCUT2D eigenvalue weighted by molar-refractivity contribution is 5.81. The summed E-state index contributed by atoms with van der Waals surface area (Å²) >= 11 is 0. The molecule has 1 saturated heterocycles. The molecule has 0 aliphatic carbocycles. The van der Waals surface area contributed by atoms with E-state index in [0.29, 0.717) is 12.1 Å². The Labute approximate surface area is 130 Å². The maximum atomic E-state index is 12.2. The molecule has 8 heteroatoms. The third-order valence-electron chi connectivity index (χ3n) is 3.79. The van der Waals surface area contributed by atoms with E-state index in [1.807, 2.05) is 0 Å². The van der Waals surface area contributed by atoms with E-state index in [1.54, 1.807) is 6.92 Å². The number of carboxylic acid groups (broad SMARTS) is 1. The van der Waals surface area contributed by atoms with Crippen molar-refractivity contribution in [2.75, 3.05) is 13.1 Å². The molecule has 1 aliphatic rings. The predicted molar refractivity (Wildman–Crippen MR) is 73.7 cm³/mol. The van der Waals surface area contributed by atoms with Crippen LogP contribution in [0.4, 0.5) is 13.2 Å². The number of carboxylic acids is 1. The number of hydrogen-bond donors (Lipinski definition) is 1. The quantitative estimate of drug-likeness (QED) is 0.919. The normalized spacial score (nSPS) is 21.3. The number of aliphatic carboxylic acids is 1. The number of amides is 1. The molecule has 0 saturated carbocycles. The molecular weight excluding hydrogens is 315 g/mol. The molecular formula is C15H16F3NO4. The van der Waals surface area contributed by atoms with Gasteiger partial charge in [-0.1, -0.05) is 19.1 Å². The van der Waals surface area contributed by atoms with Crippen LogP contribution in [-0.4, -0.2) is 41.3 Å². The van der Waals surface area contributed by atoms with E-state index >= 15 is 0 Å². The van der Waals surface area contributed by atoms with Crippen molar-refractivity contribution in [3.05, 3.63) is 29.8 Å². The first-order valence-electron chi connectivity index (χ1n) is 7.01. The molecule has 2 rings (SSSR count). The molecule has 1 fully saturated rings. The second-order valence-corrected chi connectivity index (χ2v) is 5.59. The van der Waals surface area contributed by atoms with Crippen molar-refractivity contribution in [2.45, 2.75) is 19.7 Å². The first-order valence-corrected chi connectivity index (χ1v) is 7.01. The lowest BCUT2D eigenvalue weighted by molar-refractivity contribution is -0.274. The molecule has 0 aromatic heterocycles. The molecule has 0 spiro atoms. The molecule has 0 unspecified atom stereocenters. The first kappa shape index (κ1) is 17.1. The van der Waals surface area contributed by atoms with Crippen molar-refractivity contribution >= 4 is 11.9 Å². The number of carbonyl (C=O) groups excluding carboxylic acids is 1. The molecule has 23 heavy (non-hydrogen) atoms. The molecule has 126 valence electrons.